The predicted octanol–water partition coefficient (Wildman–Crippen LogP) is 6.29. The van der Waals surface area contributed by atoms with Crippen LogP contribution in [-0.2, 0) is 17.8 Å². The smallest absolute Gasteiger partial charge is 0.255 e. The Bertz CT molecular complexity index is 1190. The maximum Gasteiger partial charge on any atom is 0.255 e. The van der Waals surface area contributed by atoms with Crippen molar-refractivity contribution in [3.8, 4) is 11.5 Å². The van der Waals surface area contributed by atoms with Crippen molar-refractivity contribution in [2.45, 2.75) is 19.9 Å². The summed E-state index contributed by atoms with van der Waals surface area (Å²) in [6.07, 6.45) is 0.306. The van der Waals surface area contributed by atoms with Crippen LogP contribution >= 0.6 is 23.2 Å². The lowest BCUT2D eigenvalue weighted by Gasteiger charge is -2.14. The van der Waals surface area contributed by atoms with Gasteiger partial charge in [-0.2, -0.15) is 0 Å². The highest BCUT2D eigenvalue weighted by Gasteiger charge is 2.11. The van der Waals surface area contributed by atoms with Gasteiger partial charge in [-0.25, -0.2) is 0 Å². The third-order valence-corrected chi connectivity index (χ3v) is 5.32. The Hall–Kier alpha value is -3.48. The van der Waals surface area contributed by atoms with E-state index in [2.05, 4.69) is 17.2 Å². The van der Waals surface area contributed by atoms with Gasteiger partial charge in [0.2, 0.25) is 5.91 Å². The monoisotopic (exact) mass is 484 g/mol. The minimum atomic E-state index is -0.319. The third-order valence-electron chi connectivity index (χ3n) is 4.58. The fourth-order valence-electron chi connectivity index (χ4n) is 3.01. The summed E-state index contributed by atoms with van der Waals surface area (Å²) < 4.78 is 5.99. The van der Waals surface area contributed by atoms with Crippen molar-refractivity contribution >= 4 is 40.7 Å². The Kier molecular flexibility index (Phi) is 7.98. The number of anilines is 1. The molecule has 0 unspecified atom stereocenters. The van der Waals surface area contributed by atoms with Gasteiger partial charge >= 0.3 is 0 Å². The topological polar surface area (TPSA) is 87.7 Å². The van der Waals surface area contributed by atoms with Gasteiger partial charge < -0.3 is 20.5 Å². The van der Waals surface area contributed by atoms with Crippen molar-refractivity contribution in [2.75, 3.05) is 5.32 Å². The van der Waals surface area contributed by atoms with Crippen LogP contribution in [0.3, 0.4) is 0 Å². The second-order valence-corrected chi connectivity index (χ2v) is 8.12. The maximum atomic E-state index is 12.4. The van der Waals surface area contributed by atoms with Crippen molar-refractivity contribution in [1.82, 2.24) is 5.32 Å². The number of benzene rings is 3. The van der Waals surface area contributed by atoms with Crippen molar-refractivity contribution in [3.63, 3.8) is 0 Å². The normalized spacial score (nSPS) is 10.4. The molecule has 0 aromatic heterocycles. The van der Waals surface area contributed by atoms with Gasteiger partial charge in [0.1, 0.15) is 11.5 Å². The number of amides is 2. The van der Waals surface area contributed by atoms with Crippen LogP contribution in [0.4, 0.5) is 5.69 Å². The number of aliphatic hydroxyl groups excluding tert-OH is 1. The van der Waals surface area contributed by atoms with E-state index >= 15 is 0 Å². The molecule has 0 radical (unpaired) electrons. The van der Waals surface area contributed by atoms with Gasteiger partial charge in [0.25, 0.3) is 5.91 Å². The lowest BCUT2D eigenvalue weighted by molar-refractivity contribution is -0.119. The van der Waals surface area contributed by atoms with Crippen molar-refractivity contribution < 1.29 is 19.4 Å². The molecular weight excluding hydrogens is 463 g/mol. The standard InChI is InChI=1S/C25H22Cl2N2O4/c1-15(30)11-17-3-10-24(19(12-17)14-28-16(2)31)33-21-7-5-20(6-8-21)29-25(32)18-4-9-22(26)23(27)13-18/h3-10,12-13,30H,1,11,14H2,2H3,(H,28,31)(H,29,32). The summed E-state index contributed by atoms with van der Waals surface area (Å²) in [4.78, 5) is 23.8. The summed E-state index contributed by atoms with van der Waals surface area (Å²) >= 11 is 11.9. The Morgan fingerprint density at radius 1 is 1.00 bits per heavy atom. The lowest BCUT2D eigenvalue weighted by Crippen LogP contribution is -2.19. The number of carbonyl (C=O) groups is 2. The third kappa shape index (κ3) is 7.00. The van der Waals surface area contributed by atoms with E-state index in [1.807, 2.05) is 12.1 Å². The van der Waals surface area contributed by atoms with Gasteiger partial charge in [0.15, 0.2) is 0 Å². The average Bonchev–Trinajstić information content (AvgIpc) is 2.76. The molecule has 0 heterocycles. The zero-order chi connectivity index (χ0) is 24.0. The molecule has 0 aliphatic rings. The fourth-order valence-corrected chi connectivity index (χ4v) is 3.31. The number of rotatable bonds is 8. The summed E-state index contributed by atoms with van der Waals surface area (Å²) in [5.41, 5.74) is 2.56. The van der Waals surface area contributed by atoms with E-state index in [9.17, 15) is 14.7 Å². The number of nitrogens with one attached hydrogen (secondary N) is 2. The Labute approximate surface area is 201 Å². The Morgan fingerprint density at radius 3 is 2.36 bits per heavy atom. The van der Waals surface area contributed by atoms with Crippen LogP contribution in [-0.4, -0.2) is 16.9 Å². The first kappa shape index (κ1) is 24.2. The molecule has 0 bridgehead atoms. The molecule has 8 heteroatoms. The van der Waals surface area contributed by atoms with Crippen LogP contribution in [0.2, 0.25) is 10.0 Å². The zero-order valence-electron chi connectivity index (χ0n) is 17.8. The maximum absolute atomic E-state index is 12.4. The molecule has 3 aromatic carbocycles. The molecule has 2 amide bonds. The highest BCUT2D eigenvalue weighted by molar-refractivity contribution is 6.42. The molecule has 0 saturated carbocycles. The predicted molar refractivity (Wildman–Crippen MR) is 130 cm³/mol. The van der Waals surface area contributed by atoms with Crippen LogP contribution in [0.5, 0.6) is 11.5 Å². The average molecular weight is 485 g/mol. The molecule has 0 saturated heterocycles. The summed E-state index contributed by atoms with van der Waals surface area (Å²) in [6.45, 7) is 5.22. The number of hydrogen-bond donors (Lipinski definition) is 3. The second-order valence-electron chi connectivity index (χ2n) is 7.30. The number of aliphatic hydroxyl groups is 1. The van der Waals surface area contributed by atoms with Gasteiger partial charge in [-0.15, -0.1) is 0 Å². The van der Waals surface area contributed by atoms with E-state index in [0.717, 1.165) is 11.1 Å². The fraction of sp³-hybridized carbons (Fsp3) is 0.120. The molecule has 0 atom stereocenters. The molecule has 0 fully saturated rings. The molecule has 0 spiro atoms. The van der Waals surface area contributed by atoms with E-state index in [1.165, 1.54) is 13.0 Å². The number of allylic oxidation sites excluding steroid dienone is 1. The molecule has 3 N–H and O–H groups in total. The first-order valence-corrected chi connectivity index (χ1v) is 10.7. The summed E-state index contributed by atoms with van der Waals surface area (Å²) in [5.74, 6) is 0.670. The van der Waals surface area contributed by atoms with E-state index < -0.39 is 0 Å². The molecule has 3 rings (SSSR count). The highest BCUT2D eigenvalue weighted by atomic mass is 35.5. The molecular formula is C25H22Cl2N2O4. The number of carbonyl (C=O) groups excluding carboxylic acids is 2. The van der Waals surface area contributed by atoms with Crippen LogP contribution in [0, 0.1) is 0 Å². The zero-order valence-corrected chi connectivity index (χ0v) is 19.3. The SMILES string of the molecule is C=C(O)Cc1ccc(Oc2ccc(NC(=O)c3ccc(Cl)c(Cl)c3)cc2)c(CNC(C)=O)c1. The molecule has 6 nitrogen and oxygen atoms in total. The molecule has 0 aliphatic heterocycles. The number of halogens is 2. The van der Waals surface area contributed by atoms with Gasteiger partial charge in [-0.05, 0) is 60.2 Å². The number of hydrogen-bond acceptors (Lipinski definition) is 4. The van der Waals surface area contributed by atoms with Gasteiger partial charge in [-0.3, -0.25) is 9.59 Å². The molecule has 170 valence electrons. The van der Waals surface area contributed by atoms with Crippen LogP contribution in [0.1, 0.15) is 28.4 Å². The minimum Gasteiger partial charge on any atom is -0.513 e. The summed E-state index contributed by atoms with van der Waals surface area (Å²) in [5, 5.41) is 15.7. The molecule has 0 aliphatic carbocycles. The quantitative estimate of drug-likeness (QED) is 0.328. The summed E-state index contributed by atoms with van der Waals surface area (Å²) in [7, 11) is 0. The van der Waals surface area contributed by atoms with Crippen LogP contribution < -0.4 is 15.4 Å². The van der Waals surface area contributed by atoms with Crippen molar-refractivity contribution in [2.24, 2.45) is 0 Å². The van der Waals surface area contributed by atoms with Crippen LogP contribution in [0.15, 0.2) is 73.0 Å². The minimum absolute atomic E-state index is 0.0488. The molecule has 33 heavy (non-hydrogen) atoms. The largest absolute Gasteiger partial charge is 0.513 e. The lowest BCUT2D eigenvalue weighted by atomic mass is 10.1. The van der Waals surface area contributed by atoms with E-state index in [-0.39, 0.29) is 24.1 Å². The van der Waals surface area contributed by atoms with Crippen molar-refractivity contribution in [1.29, 1.82) is 0 Å². The molecule has 3 aromatic rings. The Morgan fingerprint density at radius 2 is 1.73 bits per heavy atom. The highest BCUT2D eigenvalue weighted by Crippen LogP contribution is 2.28. The van der Waals surface area contributed by atoms with Gasteiger partial charge in [-0.1, -0.05) is 35.8 Å². The van der Waals surface area contributed by atoms with Crippen LogP contribution in [0.25, 0.3) is 0 Å². The first-order valence-electron chi connectivity index (χ1n) is 9.98. The van der Waals surface area contributed by atoms with Gasteiger partial charge in [0, 0.05) is 36.7 Å². The summed E-state index contributed by atoms with van der Waals surface area (Å²) in [6, 6.07) is 17.0. The number of ether oxygens (including phenoxy) is 1. The second kappa shape index (κ2) is 10.9. The Balaban J connectivity index is 1.72. The van der Waals surface area contributed by atoms with Crippen molar-refractivity contribution in [3.05, 3.63) is 99.7 Å². The van der Waals surface area contributed by atoms with E-state index in [1.54, 1.807) is 42.5 Å². The van der Waals surface area contributed by atoms with E-state index in [0.29, 0.717) is 39.2 Å². The van der Waals surface area contributed by atoms with E-state index in [4.69, 9.17) is 27.9 Å². The van der Waals surface area contributed by atoms with Gasteiger partial charge in [0.05, 0.1) is 15.8 Å². The first-order chi connectivity index (χ1) is 15.7.